The highest BCUT2D eigenvalue weighted by molar-refractivity contribution is 9.11. The third kappa shape index (κ3) is 3.48. The second-order valence-electron chi connectivity index (χ2n) is 6.40. The van der Waals surface area contributed by atoms with Crippen LogP contribution in [0.15, 0.2) is 15.9 Å². The van der Waals surface area contributed by atoms with Gasteiger partial charge in [0, 0.05) is 4.88 Å². The SMILES string of the molecule is CCC1C(=O)NC(C(C)(C)C)C(=O)N1Cc1ccc(Br)s1. The Hall–Kier alpha value is -0.880. The molecule has 1 N–H and O–H groups in total. The molecule has 0 saturated carbocycles. The topological polar surface area (TPSA) is 49.4 Å². The van der Waals surface area contributed by atoms with Gasteiger partial charge in [0.25, 0.3) is 0 Å². The smallest absolute Gasteiger partial charge is 0.246 e. The Morgan fingerprint density at radius 2 is 2.00 bits per heavy atom. The Labute approximate surface area is 138 Å². The third-order valence-electron chi connectivity index (χ3n) is 3.70. The summed E-state index contributed by atoms with van der Waals surface area (Å²) in [5, 5.41) is 2.89. The van der Waals surface area contributed by atoms with Crippen LogP contribution in [-0.4, -0.2) is 28.8 Å². The molecule has 2 atom stereocenters. The summed E-state index contributed by atoms with van der Waals surface area (Å²) in [6.07, 6.45) is 0.626. The zero-order valence-electron chi connectivity index (χ0n) is 12.8. The number of amides is 2. The molecule has 1 aliphatic heterocycles. The number of rotatable bonds is 3. The van der Waals surface area contributed by atoms with Crippen molar-refractivity contribution in [3.05, 3.63) is 20.8 Å². The molecule has 0 spiro atoms. The molecule has 0 aliphatic carbocycles. The molecule has 21 heavy (non-hydrogen) atoms. The lowest BCUT2D eigenvalue weighted by atomic mass is 9.83. The van der Waals surface area contributed by atoms with E-state index in [2.05, 4.69) is 21.2 Å². The van der Waals surface area contributed by atoms with Gasteiger partial charge in [0.1, 0.15) is 12.1 Å². The normalized spacial score (nSPS) is 23.4. The van der Waals surface area contributed by atoms with Gasteiger partial charge in [-0.25, -0.2) is 0 Å². The molecule has 4 nitrogen and oxygen atoms in total. The summed E-state index contributed by atoms with van der Waals surface area (Å²) < 4.78 is 1.03. The first-order valence-corrected chi connectivity index (χ1v) is 8.70. The number of hydrogen-bond acceptors (Lipinski definition) is 3. The molecule has 1 aliphatic rings. The predicted octanol–water partition coefficient (Wildman–Crippen LogP) is 3.16. The first kappa shape index (κ1) is 16.5. The minimum absolute atomic E-state index is 0.0125. The molecular formula is C15H21BrN2O2S. The summed E-state index contributed by atoms with van der Waals surface area (Å²) in [6.45, 7) is 8.35. The summed E-state index contributed by atoms with van der Waals surface area (Å²) in [5.74, 6) is -0.0360. The maximum Gasteiger partial charge on any atom is 0.246 e. The molecule has 0 aromatic carbocycles. The van der Waals surface area contributed by atoms with Crippen molar-refractivity contribution in [2.24, 2.45) is 5.41 Å². The standard InChI is InChI=1S/C15H21BrN2O2S/c1-5-10-13(19)17-12(15(2,3)4)14(20)18(10)8-9-6-7-11(16)21-9/h6-7,10,12H,5,8H2,1-4H3,(H,17,19). The van der Waals surface area contributed by atoms with Crippen molar-refractivity contribution in [1.29, 1.82) is 0 Å². The van der Waals surface area contributed by atoms with Gasteiger partial charge in [-0.15, -0.1) is 11.3 Å². The zero-order valence-corrected chi connectivity index (χ0v) is 15.2. The lowest BCUT2D eigenvalue weighted by molar-refractivity contribution is -0.153. The number of nitrogens with zero attached hydrogens (tertiary/aromatic N) is 1. The molecule has 1 aromatic heterocycles. The summed E-state index contributed by atoms with van der Waals surface area (Å²) in [5.41, 5.74) is -0.292. The van der Waals surface area contributed by atoms with Gasteiger partial charge in [-0.05, 0) is 39.9 Å². The maximum absolute atomic E-state index is 12.8. The van der Waals surface area contributed by atoms with Crippen molar-refractivity contribution in [1.82, 2.24) is 10.2 Å². The summed E-state index contributed by atoms with van der Waals surface area (Å²) in [7, 11) is 0. The van der Waals surface area contributed by atoms with Crippen molar-refractivity contribution in [2.75, 3.05) is 0 Å². The van der Waals surface area contributed by atoms with E-state index in [0.717, 1.165) is 8.66 Å². The van der Waals surface area contributed by atoms with Crippen molar-refractivity contribution in [2.45, 2.75) is 52.7 Å². The summed E-state index contributed by atoms with van der Waals surface area (Å²) in [4.78, 5) is 27.9. The molecular weight excluding hydrogens is 352 g/mol. The van der Waals surface area contributed by atoms with E-state index in [1.54, 1.807) is 16.2 Å². The summed E-state index contributed by atoms with van der Waals surface area (Å²) in [6, 6.07) is 3.12. The average Bonchev–Trinajstić information content (AvgIpc) is 2.78. The largest absolute Gasteiger partial charge is 0.342 e. The van der Waals surface area contributed by atoms with Crippen LogP contribution in [0.25, 0.3) is 0 Å². The van der Waals surface area contributed by atoms with E-state index in [1.807, 2.05) is 39.8 Å². The molecule has 0 radical (unpaired) electrons. The number of carbonyl (C=O) groups is 2. The van der Waals surface area contributed by atoms with Crippen LogP contribution in [0, 0.1) is 5.41 Å². The first-order chi connectivity index (χ1) is 9.74. The molecule has 116 valence electrons. The molecule has 1 saturated heterocycles. The van der Waals surface area contributed by atoms with Gasteiger partial charge in [-0.2, -0.15) is 0 Å². The molecule has 1 fully saturated rings. The first-order valence-electron chi connectivity index (χ1n) is 7.09. The molecule has 6 heteroatoms. The third-order valence-corrected chi connectivity index (χ3v) is 5.31. The second kappa shape index (κ2) is 6.08. The molecule has 1 aromatic rings. The minimum atomic E-state index is -0.462. The van der Waals surface area contributed by atoms with Crippen molar-refractivity contribution < 1.29 is 9.59 Å². The Morgan fingerprint density at radius 1 is 1.33 bits per heavy atom. The monoisotopic (exact) mass is 372 g/mol. The molecule has 2 unspecified atom stereocenters. The van der Waals surface area contributed by atoms with E-state index in [-0.39, 0.29) is 23.3 Å². The van der Waals surface area contributed by atoms with E-state index in [0.29, 0.717) is 13.0 Å². The Bertz CT molecular complexity index is 550. The highest BCUT2D eigenvalue weighted by Gasteiger charge is 2.44. The maximum atomic E-state index is 12.8. The fourth-order valence-electron chi connectivity index (χ4n) is 2.55. The average molecular weight is 373 g/mol. The van der Waals surface area contributed by atoms with Crippen LogP contribution in [-0.2, 0) is 16.1 Å². The fourth-order valence-corrected chi connectivity index (χ4v) is 4.03. The highest BCUT2D eigenvalue weighted by atomic mass is 79.9. The second-order valence-corrected chi connectivity index (χ2v) is 8.95. The van der Waals surface area contributed by atoms with Crippen LogP contribution in [0.4, 0.5) is 0 Å². The highest BCUT2D eigenvalue weighted by Crippen LogP contribution is 2.29. The number of piperazine rings is 1. The van der Waals surface area contributed by atoms with Gasteiger partial charge in [0.2, 0.25) is 11.8 Å². The van der Waals surface area contributed by atoms with Crippen LogP contribution in [0.3, 0.4) is 0 Å². The van der Waals surface area contributed by atoms with Gasteiger partial charge in [0.15, 0.2) is 0 Å². The Morgan fingerprint density at radius 3 is 2.48 bits per heavy atom. The van der Waals surface area contributed by atoms with Crippen LogP contribution in [0.2, 0.25) is 0 Å². The molecule has 2 amide bonds. The summed E-state index contributed by atoms with van der Waals surface area (Å²) >= 11 is 5.03. The molecule has 0 bridgehead atoms. The van der Waals surface area contributed by atoms with Crippen LogP contribution >= 0.6 is 27.3 Å². The Kier molecular flexibility index (Phi) is 4.78. The molecule has 2 heterocycles. The van der Waals surface area contributed by atoms with E-state index in [1.165, 1.54) is 0 Å². The van der Waals surface area contributed by atoms with Crippen molar-refractivity contribution in [3.63, 3.8) is 0 Å². The minimum Gasteiger partial charge on any atom is -0.342 e. The number of thiophene rings is 1. The van der Waals surface area contributed by atoms with E-state index in [4.69, 9.17) is 0 Å². The lowest BCUT2D eigenvalue weighted by Gasteiger charge is -2.43. The fraction of sp³-hybridized carbons (Fsp3) is 0.600. The number of nitrogens with one attached hydrogen (secondary N) is 1. The quantitative estimate of drug-likeness (QED) is 0.885. The van der Waals surface area contributed by atoms with Gasteiger partial charge < -0.3 is 10.2 Å². The van der Waals surface area contributed by atoms with Crippen molar-refractivity contribution in [3.8, 4) is 0 Å². The zero-order chi connectivity index (χ0) is 15.8. The van der Waals surface area contributed by atoms with E-state index >= 15 is 0 Å². The van der Waals surface area contributed by atoms with Gasteiger partial charge in [-0.3, -0.25) is 9.59 Å². The van der Waals surface area contributed by atoms with Crippen LogP contribution < -0.4 is 5.32 Å². The number of carbonyl (C=O) groups excluding carboxylic acids is 2. The van der Waals surface area contributed by atoms with Crippen molar-refractivity contribution >= 4 is 39.1 Å². The van der Waals surface area contributed by atoms with Gasteiger partial charge >= 0.3 is 0 Å². The predicted molar refractivity (Wildman–Crippen MR) is 88.0 cm³/mol. The van der Waals surface area contributed by atoms with E-state index < -0.39 is 6.04 Å². The van der Waals surface area contributed by atoms with Gasteiger partial charge in [-0.1, -0.05) is 27.7 Å². The number of hydrogen-bond donors (Lipinski definition) is 1. The van der Waals surface area contributed by atoms with Gasteiger partial charge in [0.05, 0.1) is 10.3 Å². The lowest BCUT2D eigenvalue weighted by Crippen LogP contribution is -2.66. The van der Waals surface area contributed by atoms with Crippen LogP contribution in [0.1, 0.15) is 39.0 Å². The van der Waals surface area contributed by atoms with Crippen LogP contribution in [0.5, 0.6) is 0 Å². The van der Waals surface area contributed by atoms with E-state index in [9.17, 15) is 9.59 Å². The number of halogens is 1. The molecule has 2 rings (SSSR count). The Balaban J connectivity index is 2.28.